The van der Waals surface area contributed by atoms with Crippen LogP contribution in [0.15, 0.2) is 30.5 Å². The molecule has 3 N–H and O–H groups in total. The molecule has 2 amide bonds. The zero-order valence-electron chi connectivity index (χ0n) is 14.9. The fourth-order valence-corrected chi connectivity index (χ4v) is 2.33. The molecule has 0 aliphatic rings. The van der Waals surface area contributed by atoms with Crippen LogP contribution in [0.3, 0.4) is 0 Å². The molecule has 0 spiro atoms. The van der Waals surface area contributed by atoms with E-state index in [2.05, 4.69) is 25.3 Å². The van der Waals surface area contributed by atoms with E-state index in [0.717, 1.165) is 11.3 Å². The molecule has 2 rings (SSSR count). The highest BCUT2D eigenvalue weighted by atomic mass is 16.5. The first kappa shape index (κ1) is 18.5. The first-order valence-electron chi connectivity index (χ1n) is 8.13. The van der Waals surface area contributed by atoms with Crippen molar-refractivity contribution >= 4 is 12.0 Å². The van der Waals surface area contributed by atoms with Gasteiger partial charge in [-0.15, -0.1) is 0 Å². The standard InChI is InChI=1S/C18H24N4O3/c1-11(2)16(22-18(24)25-4)17(23)20-10-15-19-9-14(21-15)13-7-5-12(3)6-8-13/h5-9,11,16H,10H2,1-4H3,(H,19,21)(H,20,23)(H,22,24)/t16-/m0/s1. The van der Waals surface area contributed by atoms with Gasteiger partial charge >= 0.3 is 6.09 Å². The summed E-state index contributed by atoms with van der Waals surface area (Å²) in [6, 6.07) is 7.42. The molecule has 1 aromatic carbocycles. The van der Waals surface area contributed by atoms with Crippen LogP contribution in [-0.4, -0.2) is 35.1 Å². The van der Waals surface area contributed by atoms with Crippen LogP contribution >= 0.6 is 0 Å². The van der Waals surface area contributed by atoms with E-state index in [4.69, 9.17) is 0 Å². The Morgan fingerprint density at radius 1 is 1.24 bits per heavy atom. The van der Waals surface area contributed by atoms with Gasteiger partial charge in [0.25, 0.3) is 0 Å². The second-order valence-electron chi connectivity index (χ2n) is 6.19. The van der Waals surface area contributed by atoms with E-state index in [-0.39, 0.29) is 18.4 Å². The number of methoxy groups -OCH3 is 1. The van der Waals surface area contributed by atoms with Crippen molar-refractivity contribution in [1.82, 2.24) is 20.6 Å². The Kier molecular flexibility index (Phi) is 6.16. The highest BCUT2D eigenvalue weighted by molar-refractivity contribution is 5.85. The predicted octanol–water partition coefficient (Wildman–Crippen LogP) is 2.38. The highest BCUT2D eigenvalue weighted by Crippen LogP contribution is 2.17. The average molecular weight is 344 g/mol. The Hall–Kier alpha value is -2.83. The maximum atomic E-state index is 12.3. The van der Waals surface area contributed by atoms with Gasteiger partial charge in [-0.25, -0.2) is 9.78 Å². The van der Waals surface area contributed by atoms with Gasteiger partial charge in [0.15, 0.2) is 0 Å². The molecule has 0 saturated heterocycles. The third-order valence-corrected chi connectivity index (χ3v) is 3.83. The molecule has 0 radical (unpaired) electrons. The third kappa shape index (κ3) is 5.07. The number of aryl methyl sites for hydroxylation is 1. The van der Waals surface area contributed by atoms with Crippen molar-refractivity contribution in [3.05, 3.63) is 41.9 Å². The summed E-state index contributed by atoms with van der Waals surface area (Å²) in [5, 5.41) is 5.32. The van der Waals surface area contributed by atoms with E-state index in [1.807, 2.05) is 45.0 Å². The number of hydrogen-bond acceptors (Lipinski definition) is 4. The molecule has 7 heteroatoms. The van der Waals surface area contributed by atoms with Crippen LogP contribution in [0, 0.1) is 12.8 Å². The molecule has 0 bridgehead atoms. The minimum Gasteiger partial charge on any atom is -0.453 e. The van der Waals surface area contributed by atoms with Crippen molar-refractivity contribution in [3.8, 4) is 11.3 Å². The number of H-pyrrole nitrogens is 1. The minimum absolute atomic E-state index is 0.0705. The average Bonchev–Trinajstić information content (AvgIpc) is 3.06. The summed E-state index contributed by atoms with van der Waals surface area (Å²) in [4.78, 5) is 31.1. The Labute approximate surface area is 147 Å². The second-order valence-corrected chi connectivity index (χ2v) is 6.19. The fraction of sp³-hybridized carbons (Fsp3) is 0.389. The molecule has 1 aromatic heterocycles. The van der Waals surface area contributed by atoms with Crippen molar-refractivity contribution in [2.45, 2.75) is 33.4 Å². The molecule has 0 aliphatic carbocycles. The minimum atomic E-state index is -0.668. The number of amides is 2. The smallest absolute Gasteiger partial charge is 0.407 e. The van der Waals surface area contributed by atoms with Gasteiger partial charge in [-0.05, 0) is 18.4 Å². The zero-order valence-corrected chi connectivity index (χ0v) is 14.9. The van der Waals surface area contributed by atoms with Crippen molar-refractivity contribution in [2.24, 2.45) is 5.92 Å². The number of nitrogens with zero attached hydrogens (tertiary/aromatic N) is 1. The second kappa shape index (κ2) is 8.32. The molecule has 1 atom stereocenters. The molecule has 0 aliphatic heterocycles. The van der Waals surface area contributed by atoms with Crippen LogP contribution in [0.5, 0.6) is 0 Å². The molecule has 134 valence electrons. The van der Waals surface area contributed by atoms with Crippen molar-refractivity contribution in [2.75, 3.05) is 7.11 Å². The maximum Gasteiger partial charge on any atom is 0.407 e. The van der Waals surface area contributed by atoms with Crippen LogP contribution in [0.4, 0.5) is 4.79 Å². The van der Waals surface area contributed by atoms with E-state index >= 15 is 0 Å². The summed E-state index contributed by atoms with van der Waals surface area (Å²) in [6.45, 7) is 5.98. The van der Waals surface area contributed by atoms with E-state index < -0.39 is 12.1 Å². The largest absolute Gasteiger partial charge is 0.453 e. The van der Waals surface area contributed by atoms with Crippen LogP contribution in [0.25, 0.3) is 11.3 Å². The lowest BCUT2D eigenvalue weighted by atomic mass is 10.0. The van der Waals surface area contributed by atoms with E-state index in [9.17, 15) is 9.59 Å². The van der Waals surface area contributed by atoms with Crippen LogP contribution in [0.2, 0.25) is 0 Å². The summed E-state index contributed by atoms with van der Waals surface area (Å²) in [7, 11) is 1.26. The molecule has 2 aromatic rings. The lowest BCUT2D eigenvalue weighted by Crippen LogP contribution is -2.49. The van der Waals surface area contributed by atoms with Crippen LogP contribution < -0.4 is 10.6 Å². The summed E-state index contributed by atoms with van der Waals surface area (Å²) < 4.78 is 4.56. The van der Waals surface area contributed by atoms with Gasteiger partial charge in [-0.3, -0.25) is 4.79 Å². The Morgan fingerprint density at radius 2 is 1.92 bits per heavy atom. The zero-order chi connectivity index (χ0) is 18.4. The Balaban J connectivity index is 1.97. The van der Waals surface area contributed by atoms with E-state index in [1.54, 1.807) is 6.20 Å². The van der Waals surface area contributed by atoms with E-state index in [0.29, 0.717) is 5.82 Å². The molecule has 7 nitrogen and oxygen atoms in total. The predicted molar refractivity (Wildman–Crippen MR) is 94.8 cm³/mol. The normalized spacial score (nSPS) is 11.9. The Bertz CT molecular complexity index is 722. The summed E-state index contributed by atoms with van der Waals surface area (Å²) in [6.07, 6.45) is 1.10. The van der Waals surface area contributed by atoms with Gasteiger partial charge in [-0.2, -0.15) is 0 Å². The van der Waals surface area contributed by atoms with Crippen molar-refractivity contribution in [1.29, 1.82) is 0 Å². The monoisotopic (exact) mass is 344 g/mol. The highest BCUT2D eigenvalue weighted by Gasteiger charge is 2.24. The fourth-order valence-electron chi connectivity index (χ4n) is 2.33. The van der Waals surface area contributed by atoms with E-state index in [1.165, 1.54) is 12.7 Å². The number of benzene rings is 1. The number of imidazole rings is 1. The number of alkyl carbamates (subject to hydrolysis) is 1. The number of hydrogen-bond donors (Lipinski definition) is 3. The van der Waals surface area contributed by atoms with Crippen molar-refractivity contribution < 1.29 is 14.3 Å². The molecular weight excluding hydrogens is 320 g/mol. The lowest BCUT2D eigenvalue weighted by molar-refractivity contribution is -0.124. The van der Waals surface area contributed by atoms with Gasteiger partial charge in [-0.1, -0.05) is 43.7 Å². The number of nitrogens with one attached hydrogen (secondary N) is 3. The number of aromatic nitrogens is 2. The van der Waals surface area contributed by atoms with Crippen LogP contribution in [0.1, 0.15) is 25.2 Å². The van der Waals surface area contributed by atoms with Gasteiger partial charge in [0.1, 0.15) is 11.9 Å². The van der Waals surface area contributed by atoms with Crippen molar-refractivity contribution in [3.63, 3.8) is 0 Å². The number of carbonyl (C=O) groups is 2. The quantitative estimate of drug-likeness (QED) is 0.749. The number of ether oxygens (including phenoxy) is 1. The first-order valence-corrected chi connectivity index (χ1v) is 8.13. The Morgan fingerprint density at radius 3 is 2.52 bits per heavy atom. The molecule has 0 unspecified atom stereocenters. The van der Waals surface area contributed by atoms with Gasteiger partial charge in [0.05, 0.1) is 25.5 Å². The van der Waals surface area contributed by atoms with Gasteiger partial charge in [0.2, 0.25) is 5.91 Å². The number of aromatic amines is 1. The van der Waals surface area contributed by atoms with Gasteiger partial charge < -0.3 is 20.4 Å². The van der Waals surface area contributed by atoms with Crippen LogP contribution in [-0.2, 0) is 16.1 Å². The summed E-state index contributed by atoms with van der Waals surface area (Å²) in [5.74, 6) is 0.289. The molecule has 0 saturated carbocycles. The molecule has 1 heterocycles. The molecular formula is C18H24N4O3. The molecule has 0 fully saturated rings. The third-order valence-electron chi connectivity index (χ3n) is 3.83. The summed E-state index contributed by atoms with van der Waals surface area (Å²) in [5.41, 5.74) is 3.11. The number of carbonyl (C=O) groups excluding carboxylic acids is 2. The van der Waals surface area contributed by atoms with Gasteiger partial charge in [0, 0.05) is 0 Å². The topological polar surface area (TPSA) is 96.1 Å². The number of rotatable bonds is 6. The lowest BCUT2D eigenvalue weighted by Gasteiger charge is -2.20. The SMILES string of the molecule is COC(=O)N[C@H](C(=O)NCc1ncc(-c2ccc(C)cc2)[nH]1)C(C)C. The maximum absolute atomic E-state index is 12.3. The summed E-state index contributed by atoms with van der Waals surface area (Å²) >= 11 is 0. The molecule has 25 heavy (non-hydrogen) atoms. The first-order chi connectivity index (χ1) is 11.9.